The van der Waals surface area contributed by atoms with E-state index in [1.54, 1.807) is 24.4 Å². The van der Waals surface area contributed by atoms with Crippen LogP contribution in [-0.2, 0) is 6.54 Å². The van der Waals surface area contributed by atoms with Crippen molar-refractivity contribution < 1.29 is 13.9 Å². The number of piperidine rings is 1. The fourth-order valence-electron chi connectivity index (χ4n) is 4.19. The van der Waals surface area contributed by atoms with E-state index in [-0.39, 0.29) is 23.5 Å². The van der Waals surface area contributed by atoms with Crippen LogP contribution < -0.4 is 10.1 Å². The molecule has 2 heterocycles. The van der Waals surface area contributed by atoms with Gasteiger partial charge in [0.2, 0.25) is 0 Å². The maximum absolute atomic E-state index is 13.9. The van der Waals surface area contributed by atoms with Crippen LogP contribution in [0.2, 0.25) is 0 Å². The molecule has 6 nitrogen and oxygen atoms in total. The van der Waals surface area contributed by atoms with Crippen LogP contribution in [-0.4, -0.2) is 40.5 Å². The van der Waals surface area contributed by atoms with E-state index < -0.39 is 0 Å². The van der Waals surface area contributed by atoms with Crippen molar-refractivity contribution in [2.45, 2.75) is 38.8 Å². The summed E-state index contributed by atoms with van der Waals surface area (Å²) < 4.78 is 19.6. The molecule has 1 saturated heterocycles. The van der Waals surface area contributed by atoms with Gasteiger partial charge in [0.1, 0.15) is 12.4 Å². The number of nitrogens with zero attached hydrogens (tertiary/aromatic N) is 3. The molecule has 1 N–H and O–H groups in total. The smallest absolute Gasteiger partial charge is 0.255 e. The number of hydrogen-bond acceptors (Lipinski definition) is 5. The van der Waals surface area contributed by atoms with E-state index >= 15 is 0 Å². The van der Waals surface area contributed by atoms with Crippen molar-refractivity contribution >= 4 is 5.91 Å². The van der Waals surface area contributed by atoms with Gasteiger partial charge in [-0.1, -0.05) is 48.9 Å². The van der Waals surface area contributed by atoms with Gasteiger partial charge in [0, 0.05) is 19.3 Å². The number of hydrogen-bond donors (Lipinski definition) is 1. The lowest BCUT2D eigenvalue weighted by molar-refractivity contribution is 0.0934. The van der Waals surface area contributed by atoms with Gasteiger partial charge in [0.15, 0.2) is 11.6 Å². The first kappa shape index (κ1) is 22.9. The monoisotopic (exact) mass is 448 g/mol. The summed E-state index contributed by atoms with van der Waals surface area (Å²) in [6.45, 7) is 4.13. The maximum atomic E-state index is 13.9. The minimum atomic E-state index is -0.364. The second kappa shape index (κ2) is 11.0. The molecule has 33 heavy (non-hydrogen) atoms. The molecule has 3 aromatic rings. The van der Waals surface area contributed by atoms with Gasteiger partial charge in [-0.15, -0.1) is 0 Å². The summed E-state index contributed by atoms with van der Waals surface area (Å²) in [5.41, 5.74) is 2.28. The number of halogens is 1. The lowest BCUT2D eigenvalue weighted by Gasteiger charge is -2.36. The molecule has 1 fully saturated rings. The Hall–Kier alpha value is -3.32. The number of benzene rings is 2. The topological polar surface area (TPSA) is 67.4 Å². The Morgan fingerprint density at radius 2 is 1.94 bits per heavy atom. The highest BCUT2D eigenvalue weighted by Gasteiger charge is 2.29. The Morgan fingerprint density at radius 3 is 2.76 bits per heavy atom. The van der Waals surface area contributed by atoms with Crippen molar-refractivity contribution in [1.29, 1.82) is 0 Å². The normalized spacial score (nSPS) is 16.4. The van der Waals surface area contributed by atoms with Crippen LogP contribution >= 0.6 is 0 Å². The quantitative estimate of drug-likeness (QED) is 0.551. The lowest BCUT2D eigenvalue weighted by atomic mass is 9.96. The molecule has 1 aromatic heterocycles. The number of amides is 1. The minimum absolute atomic E-state index is 0.0119. The number of nitrogens with one attached hydrogen (secondary N) is 1. The zero-order valence-corrected chi connectivity index (χ0v) is 18.8. The van der Waals surface area contributed by atoms with Gasteiger partial charge in [-0.25, -0.2) is 14.4 Å². The molecule has 1 amide bonds. The first-order valence-corrected chi connectivity index (χ1v) is 11.4. The van der Waals surface area contributed by atoms with Crippen molar-refractivity contribution in [2.75, 3.05) is 19.7 Å². The highest BCUT2D eigenvalue weighted by atomic mass is 19.1. The van der Waals surface area contributed by atoms with E-state index in [0.717, 1.165) is 37.1 Å². The van der Waals surface area contributed by atoms with E-state index in [2.05, 4.69) is 20.2 Å². The number of likely N-dealkylation sites (tertiary alicyclic amines) is 1. The molecule has 0 bridgehead atoms. The number of carbonyl (C=O) groups excluding carboxylic acids is 1. The highest BCUT2D eigenvalue weighted by Crippen LogP contribution is 2.31. The Morgan fingerprint density at radius 1 is 1.15 bits per heavy atom. The lowest BCUT2D eigenvalue weighted by Crippen LogP contribution is -2.38. The first-order valence-electron chi connectivity index (χ1n) is 11.4. The number of carbonyl (C=O) groups is 1. The number of para-hydroxylation sites is 1. The molecule has 7 heteroatoms. The van der Waals surface area contributed by atoms with Crippen molar-refractivity contribution in [1.82, 2.24) is 20.2 Å². The van der Waals surface area contributed by atoms with Crippen molar-refractivity contribution in [2.24, 2.45) is 0 Å². The largest absolute Gasteiger partial charge is 0.489 e. The third kappa shape index (κ3) is 5.93. The van der Waals surface area contributed by atoms with Gasteiger partial charge < -0.3 is 10.1 Å². The van der Waals surface area contributed by atoms with Crippen LogP contribution in [0.4, 0.5) is 4.39 Å². The van der Waals surface area contributed by atoms with Gasteiger partial charge in [-0.05, 0) is 44.0 Å². The number of rotatable bonds is 8. The predicted molar refractivity (Wildman–Crippen MR) is 124 cm³/mol. The number of aryl methyl sites for hydroxylation is 1. The van der Waals surface area contributed by atoms with Crippen LogP contribution in [0.5, 0.6) is 5.75 Å². The molecule has 0 saturated carbocycles. The Kier molecular flexibility index (Phi) is 7.62. The average molecular weight is 449 g/mol. The fourth-order valence-corrected chi connectivity index (χ4v) is 4.19. The summed E-state index contributed by atoms with van der Waals surface area (Å²) in [6, 6.07) is 16.2. The summed E-state index contributed by atoms with van der Waals surface area (Å²) in [6.07, 6.45) is 4.65. The number of aromatic nitrogens is 2. The zero-order chi connectivity index (χ0) is 23.0. The molecule has 172 valence electrons. The average Bonchev–Trinajstić information content (AvgIpc) is 2.84. The van der Waals surface area contributed by atoms with E-state index in [0.29, 0.717) is 31.1 Å². The standard InChI is InChI=1S/C26H29FN4O2/c1-19-28-18-21(26(32)29-17-20-9-3-2-4-10-20)25(30-19)23-12-7-8-14-31(23)15-16-33-24-13-6-5-11-22(24)27/h2-6,9-11,13,18,23H,7-8,12,14-17H2,1H3,(H,29,32)/t23-/m0/s1. The molecule has 0 spiro atoms. The molecule has 1 aliphatic heterocycles. The maximum Gasteiger partial charge on any atom is 0.255 e. The van der Waals surface area contributed by atoms with Crippen molar-refractivity contribution in [3.63, 3.8) is 0 Å². The van der Waals surface area contributed by atoms with Crippen molar-refractivity contribution in [3.05, 3.63) is 89.3 Å². The minimum Gasteiger partial charge on any atom is -0.489 e. The highest BCUT2D eigenvalue weighted by molar-refractivity contribution is 5.95. The van der Waals surface area contributed by atoms with Crippen LogP contribution in [0.3, 0.4) is 0 Å². The zero-order valence-electron chi connectivity index (χ0n) is 18.8. The third-order valence-corrected chi connectivity index (χ3v) is 5.88. The van der Waals surface area contributed by atoms with Gasteiger partial charge in [-0.3, -0.25) is 9.69 Å². The van der Waals surface area contributed by atoms with E-state index in [4.69, 9.17) is 4.74 Å². The molecule has 1 atom stereocenters. The van der Waals surface area contributed by atoms with Crippen LogP contribution in [0, 0.1) is 12.7 Å². The van der Waals surface area contributed by atoms with E-state index in [1.807, 2.05) is 37.3 Å². The molecule has 2 aromatic carbocycles. The molecular weight excluding hydrogens is 419 g/mol. The third-order valence-electron chi connectivity index (χ3n) is 5.88. The summed E-state index contributed by atoms with van der Waals surface area (Å²) in [7, 11) is 0. The summed E-state index contributed by atoms with van der Waals surface area (Å²) in [5.74, 6) is 0.348. The number of ether oxygens (including phenoxy) is 1. The van der Waals surface area contributed by atoms with Crippen molar-refractivity contribution in [3.8, 4) is 5.75 Å². The summed E-state index contributed by atoms with van der Waals surface area (Å²) >= 11 is 0. The van der Waals surface area contributed by atoms with Crippen LogP contribution in [0.15, 0.2) is 60.8 Å². The first-order chi connectivity index (χ1) is 16.1. The fraction of sp³-hybridized carbons (Fsp3) is 0.346. The molecule has 0 aliphatic carbocycles. The predicted octanol–water partition coefficient (Wildman–Crippen LogP) is 4.46. The molecular formula is C26H29FN4O2. The second-order valence-electron chi connectivity index (χ2n) is 8.21. The van der Waals surface area contributed by atoms with Gasteiger partial charge in [-0.2, -0.15) is 0 Å². The van der Waals surface area contributed by atoms with Gasteiger partial charge in [0.05, 0.1) is 17.3 Å². The molecule has 4 rings (SSSR count). The molecule has 1 aliphatic rings. The Bertz CT molecular complexity index is 1080. The van der Waals surface area contributed by atoms with Crippen LogP contribution in [0.25, 0.3) is 0 Å². The van der Waals surface area contributed by atoms with E-state index in [1.165, 1.54) is 6.07 Å². The summed E-state index contributed by atoms with van der Waals surface area (Å²) in [4.78, 5) is 24.3. The van der Waals surface area contributed by atoms with Gasteiger partial charge in [0.25, 0.3) is 5.91 Å². The Labute approximate surface area is 193 Å². The SMILES string of the molecule is Cc1ncc(C(=O)NCc2ccccc2)c([C@@H]2CCCCN2CCOc2ccccc2F)n1. The van der Waals surface area contributed by atoms with Crippen LogP contribution in [0.1, 0.15) is 52.7 Å². The summed E-state index contributed by atoms with van der Waals surface area (Å²) in [5, 5.41) is 3.00. The Balaban J connectivity index is 1.47. The van der Waals surface area contributed by atoms with E-state index in [9.17, 15) is 9.18 Å². The molecule has 0 unspecified atom stereocenters. The van der Waals surface area contributed by atoms with Gasteiger partial charge >= 0.3 is 0 Å². The molecule has 0 radical (unpaired) electrons. The second-order valence-corrected chi connectivity index (χ2v) is 8.21.